The predicted molar refractivity (Wildman–Crippen MR) is 164 cm³/mol. The maximum Gasteiger partial charge on any atom is 0.248 e. The van der Waals surface area contributed by atoms with E-state index in [2.05, 4.69) is 22.1 Å². The van der Waals surface area contributed by atoms with Crippen LogP contribution in [0, 0.1) is 5.92 Å². The second kappa shape index (κ2) is 15.2. The van der Waals surface area contributed by atoms with Crippen molar-refractivity contribution in [2.45, 2.75) is 88.9 Å². The van der Waals surface area contributed by atoms with Gasteiger partial charge < -0.3 is 20.1 Å². The van der Waals surface area contributed by atoms with Crippen LogP contribution in [0.25, 0.3) is 0 Å². The monoisotopic (exact) mass is 606 g/mol. The van der Waals surface area contributed by atoms with Crippen LogP contribution in [0.1, 0.15) is 70.3 Å². The Bertz CT molecular complexity index is 1110. The summed E-state index contributed by atoms with van der Waals surface area (Å²) >= 11 is 0. The molecule has 1 aromatic heterocycles. The van der Waals surface area contributed by atoms with Crippen molar-refractivity contribution in [3.63, 3.8) is 0 Å². The molecule has 3 heterocycles. The third kappa shape index (κ3) is 7.53. The third-order valence-electron chi connectivity index (χ3n) is 8.82. The zero-order valence-corrected chi connectivity index (χ0v) is 25.5. The molecule has 2 N–H and O–H groups in total. The van der Waals surface area contributed by atoms with Crippen LogP contribution >= 0.6 is 24.8 Å². The molecule has 2 atom stereocenters. The van der Waals surface area contributed by atoms with Crippen molar-refractivity contribution in [1.29, 1.82) is 0 Å². The Labute approximate surface area is 256 Å². The summed E-state index contributed by atoms with van der Waals surface area (Å²) in [4.78, 5) is 36.1. The smallest absolute Gasteiger partial charge is 0.248 e. The van der Waals surface area contributed by atoms with Gasteiger partial charge in [-0.25, -0.2) is 4.98 Å². The molecular formula is C31H44Cl2N4O4. The van der Waals surface area contributed by atoms with Crippen molar-refractivity contribution in [1.82, 2.24) is 20.1 Å². The predicted octanol–water partition coefficient (Wildman–Crippen LogP) is 5.12. The molecule has 3 fully saturated rings. The quantitative estimate of drug-likeness (QED) is 0.411. The largest absolute Gasteiger partial charge is 0.439 e. The molecule has 2 aromatic rings. The lowest BCUT2D eigenvalue weighted by atomic mass is 9.78. The first-order valence-corrected chi connectivity index (χ1v) is 14.7. The number of rotatable bonds is 9. The van der Waals surface area contributed by atoms with Crippen molar-refractivity contribution < 1.29 is 19.4 Å². The molecule has 226 valence electrons. The van der Waals surface area contributed by atoms with Crippen molar-refractivity contribution in [3.8, 4) is 11.6 Å². The number of halogens is 2. The Hall–Kier alpha value is -2.39. The SMILES string of the molecule is CCCCN1C(=O)[C@@H]([C@H](O)C2CCCCC2)NC(=O)C12CCN(Cc1ccc(Oc3ccccc3)nc1)CC2.Cl.Cl. The van der Waals surface area contributed by atoms with E-state index in [1.54, 1.807) is 0 Å². The highest BCUT2D eigenvalue weighted by Gasteiger charge is 2.55. The summed E-state index contributed by atoms with van der Waals surface area (Å²) in [5.74, 6) is 1.18. The summed E-state index contributed by atoms with van der Waals surface area (Å²) in [5.41, 5.74) is 0.242. The maximum atomic E-state index is 13.8. The van der Waals surface area contributed by atoms with E-state index >= 15 is 0 Å². The number of pyridine rings is 1. The standard InChI is InChI=1S/C31H42N4O4.2ClH/c1-2-3-18-35-29(37)27(28(36)24-10-6-4-7-11-24)33-30(38)31(35)16-19-34(20-17-31)22-23-14-15-26(32-21-23)39-25-12-8-5-9-13-25;;/h5,8-9,12-15,21,24,27-28,36H,2-4,6-7,10-11,16-20,22H2,1H3,(H,33,38);2*1H/t27-,28-;;/m1../s1. The molecule has 3 aliphatic rings. The van der Waals surface area contributed by atoms with Gasteiger partial charge >= 0.3 is 0 Å². The normalized spacial score (nSPS) is 21.9. The van der Waals surface area contributed by atoms with E-state index in [4.69, 9.17) is 4.74 Å². The van der Waals surface area contributed by atoms with Gasteiger partial charge in [-0.1, -0.05) is 56.9 Å². The second-order valence-corrected chi connectivity index (χ2v) is 11.4. The summed E-state index contributed by atoms with van der Waals surface area (Å²) in [5, 5.41) is 14.1. The van der Waals surface area contributed by atoms with E-state index in [0.717, 1.165) is 56.4 Å². The number of benzene rings is 1. The van der Waals surface area contributed by atoms with Crippen molar-refractivity contribution in [3.05, 3.63) is 54.2 Å². The van der Waals surface area contributed by atoms with Crippen LogP contribution in [0.5, 0.6) is 11.6 Å². The number of aliphatic hydroxyl groups excluding tert-OH is 1. The van der Waals surface area contributed by atoms with Crippen LogP contribution in [0.3, 0.4) is 0 Å². The summed E-state index contributed by atoms with van der Waals surface area (Å²) in [7, 11) is 0. The lowest BCUT2D eigenvalue weighted by Crippen LogP contribution is -2.75. The van der Waals surface area contributed by atoms with E-state index in [0.29, 0.717) is 38.4 Å². The topological polar surface area (TPSA) is 95.0 Å². The molecule has 0 radical (unpaired) electrons. The van der Waals surface area contributed by atoms with E-state index < -0.39 is 17.7 Å². The van der Waals surface area contributed by atoms with Gasteiger partial charge in [-0.3, -0.25) is 14.5 Å². The number of nitrogens with zero attached hydrogens (tertiary/aromatic N) is 3. The zero-order valence-electron chi connectivity index (χ0n) is 23.9. The van der Waals surface area contributed by atoms with Gasteiger partial charge in [0.2, 0.25) is 17.7 Å². The molecule has 0 unspecified atom stereocenters. The van der Waals surface area contributed by atoms with Gasteiger partial charge in [0.25, 0.3) is 0 Å². The number of aromatic nitrogens is 1. The Balaban J connectivity index is 0.00000231. The molecule has 2 saturated heterocycles. The van der Waals surface area contributed by atoms with Gasteiger partial charge in [-0.05, 0) is 55.7 Å². The lowest BCUT2D eigenvalue weighted by Gasteiger charge is -2.52. The molecule has 8 nitrogen and oxygen atoms in total. The van der Waals surface area contributed by atoms with Gasteiger partial charge in [0.05, 0.1) is 6.10 Å². The van der Waals surface area contributed by atoms with Gasteiger partial charge in [-0.15, -0.1) is 24.8 Å². The highest BCUT2D eigenvalue weighted by Crippen LogP contribution is 2.36. The van der Waals surface area contributed by atoms with Crippen LogP contribution in [-0.2, 0) is 16.1 Å². The minimum atomic E-state index is -0.836. The van der Waals surface area contributed by atoms with Gasteiger partial charge in [0, 0.05) is 38.4 Å². The molecule has 2 aliphatic heterocycles. The van der Waals surface area contributed by atoms with Crippen LogP contribution in [-0.4, -0.2) is 69.0 Å². The highest BCUT2D eigenvalue weighted by atomic mass is 35.5. The Kier molecular flexibility index (Phi) is 12.3. The second-order valence-electron chi connectivity index (χ2n) is 11.4. The minimum absolute atomic E-state index is 0. The lowest BCUT2D eigenvalue weighted by molar-refractivity contribution is -0.166. The number of hydrogen-bond acceptors (Lipinski definition) is 6. The van der Waals surface area contributed by atoms with Crippen LogP contribution < -0.4 is 10.1 Å². The molecule has 1 saturated carbocycles. The summed E-state index contributed by atoms with van der Waals surface area (Å²) < 4.78 is 5.80. The fourth-order valence-electron chi connectivity index (χ4n) is 6.47. The average molecular weight is 608 g/mol. The summed E-state index contributed by atoms with van der Waals surface area (Å²) in [6.45, 7) is 4.80. The Morgan fingerprint density at radius 2 is 1.76 bits per heavy atom. The van der Waals surface area contributed by atoms with Gasteiger partial charge in [-0.2, -0.15) is 0 Å². The fraction of sp³-hybridized carbons (Fsp3) is 0.581. The molecule has 10 heteroatoms. The molecule has 1 aliphatic carbocycles. The number of ether oxygens (including phenoxy) is 1. The number of para-hydroxylation sites is 1. The molecule has 2 amide bonds. The maximum absolute atomic E-state index is 13.8. The first-order chi connectivity index (χ1) is 19.0. The van der Waals surface area contributed by atoms with Crippen LogP contribution in [0.4, 0.5) is 0 Å². The number of piperazine rings is 1. The van der Waals surface area contributed by atoms with E-state index in [-0.39, 0.29) is 42.5 Å². The minimum Gasteiger partial charge on any atom is -0.439 e. The number of unbranched alkanes of at least 4 members (excludes halogenated alkanes) is 1. The number of carbonyl (C=O) groups is 2. The Morgan fingerprint density at radius 3 is 2.39 bits per heavy atom. The van der Waals surface area contributed by atoms with Crippen LogP contribution in [0.2, 0.25) is 0 Å². The number of carbonyl (C=O) groups excluding carboxylic acids is 2. The number of likely N-dealkylation sites (tertiary alicyclic amines) is 1. The van der Waals surface area contributed by atoms with E-state index in [1.807, 2.05) is 53.6 Å². The van der Waals surface area contributed by atoms with Crippen molar-refractivity contribution in [2.24, 2.45) is 5.92 Å². The van der Waals surface area contributed by atoms with E-state index in [1.165, 1.54) is 6.42 Å². The van der Waals surface area contributed by atoms with E-state index in [9.17, 15) is 14.7 Å². The molecule has 1 aromatic carbocycles. The molecular weight excluding hydrogens is 563 g/mol. The number of piperidine rings is 1. The Morgan fingerprint density at radius 1 is 1.05 bits per heavy atom. The first kappa shape index (κ1) is 33.1. The number of nitrogens with one attached hydrogen (secondary N) is 1. The molecule has 41 heavy (non-hydrogen) atoms. The van der Waals surface area contributed by atoms with Crippen molar-refractivity contribution >= 4 is 36.6 Å². The van der Waals surface area contributed by atoms with Crippen LogP contribution in [0.15, 0.2) is 48.7 Å². The highest BCUT2D eigenvalue weighted by molar-refractivity contribution is 6.00. The summed E-state index contributed by atoms with van der Waals surface area (Å²) in [6.07, 6.45) is 9.16. The average Bonchev–Trinajstić information content (AvgIpc) is 2.98. The van der Waals surface area contributed by atoms with Crippen molar-refractivity contribution in [2.75, 3.05) is 19.6 Å². The summed E-state index contributed by atoms with van der Waals surface area (Å²) in [6, 6.07) is 12.7. The van der Waals surface area contributed by atoms with Gasteiger partial charge in [0.1, 0.15) is 17.3 Å². The number of aliphatic hydroxyl groups is 1. The third-order valence-corrected chi connectivity index (χ3v) is 8.82. The number of amides is 2. The molecule has 0 bridgehead atoms. The zero-order chi connectivity index (χ0) is 27.2. The number of hydrogen-bond donors (Lipinski definition) is 2. The first-order valence-electron chi connectivity index (χ1n) is 14.7. The van der Waals surface area contributed by atoms with Gasteiger partial charge in [0.15, 0.2) is 0 Å². The molecule has 1 spiro atoms. The fourth-order valence-corrected chi connectivity index (χ4v) is 6.47. The molecule has 5 rings (SSSR count).